The number of hydrogen-bond donors (Lipinski definition) is 0. The van der Waals surface area contributed by atoms with Crippen LogP contribution in [0.1, 0.15) is 50.5 Å². The Bertz CT molecular complexity index is 1390. The molecule has 2 heterocycles. The molecule has 3 nitrogen and oxygen atoms in total. The molecule has 172 valence electrons. The van der Waals surface area contributed by atoms with Crippen molar-refractivity contribution < 1.29 is 22.7 Å². The van der Waals surface area contributed by atoms with Crippen molar-refractivity contribution in [3.63, 3.8) is 0 Å². The van der Waals surface area contributed by atoms with Crippen LogP contribution in [-0.4, -0.2) is 11.0 Å². The molecule has 2 aromatic heterocycles. The second-order valence-corrected chi connectivity index (χ2v) is 9.12. The Morgan fingerprint density at radius 3 is 2.71 bits per heavy atom. The number of aromatic nitrogens is 1. The zero-order valence-electron chi connectivity index (χ0n) is 18.1. The zero-order valence-corrected chi connectivity index (χ0v) is 18.9. The molecule has 0 spiro atoms. The fourth-order valence-corrected chi connectivity index (χ4v) is 4.99. The standard InChI is InChI=1S/C27H20F3NO2S/c28-27(29,30)19-8-3-6-17(14-19)16-33-26(32)24-21-10-1-2-12-23(21)31-25-18(7-4-11-22(24)25)15-20-9-5-13-34-20/h1-3,5-6,8-10,12-15H,4,7,11,16H2. The Morgan fingerprint density at radius 1 is 1.06 bits per heavy atom. The minimum Gasteiger partial charge on any atom is -0.457 e. The van der Waals surface area contributed by atoms with Crippen LogP contribution in [0.4, 0.5) is 13.2 Å². The third kappa shape index (κ3) is 4.48. The van der Waals surface area contributed by atoms with Gasteiger partial charge in [0.25, 0.3) is 0 Å². The minimum atomic E-state index is -4.45. The van der Waals surface area contributed by atoms with Crippen LogP contribution in [-0.2, 0) is 23.9 Å². The highest BCUT2D eigenvalue weighted by molar-refractivity contribution is 7.10. The van der Waals surface area contributed by atoms with Gasteiger partial charge in [-0.05, 0) is 71.7 Å². The first-order chi connectivity index (χ1) is 16.4. The molecule has 1 aliphatic carbocycles. The van der Waals surface area contributed by atoms with E-state index in [9.17, 15) is 18.0 Å². The van der Waals surface area contributed by atoms with Gasteiger partial charge in [0.05, 0.1) is 22.3 Å². The predicted molar refractivity (Wildman–Crippen MR) is 127 cm³/mol. The predicted octanol–water partition coefficient (Wildman–Crippen LogP) is 7.55. The van der Waals surface area contributed by atoms with E-state index in [1.807, 2.05) is 41.8 Å². The molecular weight excluding hydrogens is 459 g/mol. The van der Waals surface area contributed by atoms with E-state index in [1.54, 1.807) is 11.3 Å². The molecule has 0 saturated carbocycles. The van der Waals surface area contributed by atoms with E-state index in [0.717, 1.165) is 46.7 Å². The van der Waals surface area contributed by atoms with Crippen molar-refractivity contribution in [1.29, 1.82) is 0 Å². The summed E-state index contributed by atoms with van der Waals surface area (Å²) in [5.74, 6) is -0.551. The second kappa shape index (κ2) is 9.06. The van der Waals surface area contributed by atoms with Gasteiger partial charge in [-0.3, -0.25) is 0 Å². The maximum absolute atomic E-state index is 13.3. The quantitative estimate of drug-likeness (QED) is 0.284. The SMILES string of the molecule is O=C(OCc1cccc(C(F)(F)F)c1)c1c2c(nc3ccccc13)C(=Cc1cccs1)CCC2. The summed E-state index contributed by atoms with van der Waals surface area (Å²) >= 11 is 1.64. The summed E-state index contributed by atoms with van der Waals surface area (Å²) in [6.45, 7) is -0.244. The average molecular weight is 480 g/mol. The first kappa shape index (κ1) is 22.3. The number of pyridine rings is 1. The van der Waals surface area contributed by atoms with Gasteiger partial charge >= 0.3 is 12.1 Å². The second-order valence-electron chi connectivity index (χ2n) is 8.14. The van der Waals surface area contributed by atoms with Crippen molar-refractivity contribution >= 4 is 39.9 Å². The maximum Gasteiger partial charge on any atom is 0.416 e. The number of carbonyl (C=O) groups is 1. The van der Waals surface area contributed by atoms with E-state index in [2.05, 4.69) is 6.08 Å². The number of ether oxygens (including phenoxy) is 1. The Hall–Kier alpha value is -3.45. The van der Waals surface area contributed by atoms with Gasteiger partial charge in [-0.2, -0.15) is 13.2 Å². The van der Waals surface area contributed by atoms with Crippen molar-refractivity contribution in [2.45, 2.75) is 32.0 Å². The summed E-state index contributed by atoms with van der Waals surface area (Å²) in [6.07, 6.45) is 0.0733. The fourth-order valence-electron chi connectivity index (χ4n) is 4.31. The molecule has 1 aliphatic rings. The number of fused-ring (bicyclic) bond motifs is 2. The van der Waals surface area contributed by atoms with Gasteiger partial charge in [0.15, 0.2) is 0 Å². The molecule has 0 aliphatic heterocycles. The van der Waals surface area contributed by atoms with Crippen LogP contribution in [0.15, 0.2) is 66.0 Å². The minimum absolute atomic E-state index is 0.244. The lowest BCUT2D eigenvalue weighted by Crippen LogP contribution is -2.15. The van der Waals surface area contributed by atoms with E-state index in [1.165, 1.54) is 12.1 Å². The van der Waals surface area contributed by atoms with Gasteiger partial charge in [-0.15, -0.1) is 11.3 Å². The number of thiophene rings is 1. The van der Waals surface area contributed by atoms with Crippen molar-refractivity contribution in [3.8, 4) is 0 Å². The van der Waals surface area contributed by atoms with Crippen molar-refractivity contribution in [1.82, 2.24) is 4.98 Å². The highest BCUT2D eigenvalue weighted by atomic mass is 32.1. The summed E-state index contributed by atoms with van der Waals surface area (Å²) in [5.41, 5.74) is 3.35. The molecule has 2 aromatic carbocycles. The molecule has 5 rings (SSSR count). The van der Waals surface area contributed by atoms with Crippen LogP contribution >= 0.6 is 11.3 Å². The Labute approximate surface area is 198 Å². The number of carbonyl (C=O) groups excluding carboxylic acids is 1. The summed E-state index contributed by atoms with van der Waals surface area (Å²) in [7, 11) is 0. The van der Waals surface area contributed by atoms with Crippen LogP contribution in [0.25, 0.3) is 22.6 Å². The largest absolute Gasteiger partial charge is 0.457 e. The van der Waals surface area contributed by atoms with Crippen LogP contribution < -0.4 is 0 Å². The molecule has 0 bridgehead atoms. The van der Waals surface area contributed by atoms with Crippen LogP contribution in [0.5, 0.6) is 0 Å². The molecule has 0 atom stereocenters. The Kier molecular flexibility index (Phi) is 5.96. The molecule has 0 amide bonds. The normalized spacial score (nSPS) is 14.9. The number of alkyl halides is 3. The summed E-state index contributed by atoms with van der Waals surface area (Å²) < 4.78 is 44.7. The molecular formula is C27H20F3NO2S. The van der Waals surface area contributed by atoms with Gasteiger partial charge in [-0.1, -0.05) is 36.4 Å². The van der Waals surface area contributed by atoms with E-state index in [4.69, 9.17) is 9.72 Å². The first-order valence-corrected chi connectivity index (χ1v) is 11.8. The van der Waals surface area contributed by atoms with Crippen molar-refractivity contribution in [2.24, 2.45) is 0 Å². The van der Waals surface area contributed by atoms with Gasteiger partial charge in [-0.25, -0.2) is 9.78 Å². The molecule has 4 aromatic rings. The summed E-state index contributed by atoms with van der Waals surface area (Å²) in [5, 5.41) is 2.70. The number of esters is 1. The molecule has 0 fully saturated rings. The van der Waals surface area contributed by atoms with Crippen LogP contribution in [0, 0.1) is 0 Å². The van der Waals surface area contributed by atoms with Crippen molar-refractivity contribution in [3.05, 3.63) is 98.9 Å². The molecule has 0 N–H and O–H groups in total. The first-order valence-electron chi connectivity index (χ1n) is 10.9. The lowest BCUT2D eigenvalue weighted by atomic mass is 9.86. The topological polar surface area (TPSA) is 39.2 Å². The molecule has 0 unspecified atom stereocenters. The van der Waals surface area contributed by atoms with E-state index >= 15 is 0 Å². The number of allylic oxidation sites excluding steroid dienone is 1. The van der Waals surface area contributed by atoms with E-state index in [-0.39, 0.29) is 12.2 Å². The third-order valence-corrected chi connectivity index (χ3v) is 6.68. The summed E-state index contributed by atoms with van der Waals surface area (Å²) in [6, 6.07) is 16.3. The van der Waals surface area contributed by atoms with Crippen molar-refractivity contribution in [2.75, 3.05) is 0 Å². The number of rotatable bonds is 4. The number of nitrogens with zero attached hydrogens (tertiary/aromatic N) is 1. The fraction of sp³-hybridized carbons (Fsp3) is 0.185. The highest BCUT2D eigenvalue weighted by Gasteiger charge is 2.30. The molecule has 0 saturated heterocycles. The molecule has 0 radical (unpaired) electrons. The number of benzene rings is 2. The highest BCUT2D eigenvalue weighted by Crippen LogP contribution is 2.37. The van der Waals surface area contributed by atoms with Gasteiger partial charge in [0.2, 0.25) is 0 Å². The number of para-hydroxylation sites is 1. The van der Waals surface area contributed by atoms with Gasteiger partial charge in [0.1, 0.15) is 6.61 Å². The number of hydrogen-bond acceptors (Lipinski definition) is 4. The van der Waals surface area contributed by atoms with Crippen LogP contribution in [0.2, 0.25) is 0 Å². The lowest BCUT2D eigenvalue weighted by Gasteiger charge is -2.22. The molecule has 7 heteroatoms. The Morgan fingerprint density at radius 2 is 1.91 bits per heavy atom. The number of halogens is 3. The smallest absolute Gasteiger partial charge is 0.416 e. The van der Waals surface area contributed by atoms with Gasteiger partial charge < -0.3 is 4.74 Å². The lowest BCUT2D eigenvalue weighted by molar-refractivity contribution is -0.137. The van der Waals surface area contributed by atoms with Crippen LogP contribution in [0.3, 0.4) is 0 Å². The zero-order chi connectivity index (χ0) is 23.7. The van der Waals surface area contributed by atoms with Gasteiger partial charge in [0, 0.05) is 10.3 Å². The molecule has 34 heavy (non-hydrogen) atoms. The average Bonchev–Trinajstić information content (AvgIpc) is 3.34. The van der Waals surface area contributed by atoms with E-state index in [0.29, 0.717) is 22.9 Å². The van der Waals surface area contributed by atoms with E-state index < -0.39 is 17.7 Å². The monoisotopic (exact) mass is 479 g/mol. The summed E-state index contributed by atoms with van der Waals surface area (Å²) in [4.78, 5) is 19.3. The maximum atomic E-state index is 13.3. The Balaban J connectivity index is 1.52. The third-order valence-electron chi connectivity index (χ3n) is 5.86.